The number of fused-ring (bicyclic) bond motifs is 1. The van der Waals surface area contributed by atoms with Crippen LogP contribution in [0.1, 0.15) is 24.2 Å². The van der Waals surface area contributed by atoms with Crippen LogP contribution >= 0.6 is 15.9 Å². The predicted molar refractivity (Wildman–Crippen MR) is 121 cm³/mol. The van der Waals surface area contributed by atoms with Crippen molar-refractivity contribution in [3.05, 3.63) is 52.4 Å². The summed E-state index contributed by atoms with van der Waals surface area (Å²) in [5.41, 5.74) is 0.358. The van der Waals surface area contributed by atoms with E-state index in [4.69, 9.17) is 4.74 Å². The van der Waals surface area contributed by atoms with Crippen molar-refractivity contribution in [3.63, 3.8) is 0 Å². The Labute approximate surface area is 194 Å². The Balaban J connectivity index is 1.83. The van der Waals surface area contributed by atoms with E-state index in [1.807, 2.05) is 6.92 Å². The first-order valence-electron chi connectivity index (χ1n) is 10.2. The van der Waals surface area contributed by atoms with Crippen molar-refractivity contribution in [1.29, 1.82) is 0 Å². The molecule has 0 spiro atoms. The Hall–Kier alpha value is -2.72. The number of pyridine rings is 1. The number of aliphatic hydroxyl groups is 1. The van der Waals surface area contributed by atoms with Gasteiger partial charge in [-0.05, 0) is 41.1 Å². The van der Waals surface area contributed by atoms with E-state index in [-0.39, 0.29) is 42.1 Å². The standard InChI is InChI=1S/C22H26BrFN4O4/c1-13-10-28(14(2)12-29)21(30)16-8-15(23)9-25-20(16)32-19(13)11-27(3)22(31)26-18-7-5-4-6-17(18)24/h4-9,13-14,19,29H,10-12H2,1-3H3,(H,26,31)/t13-,14-,19+/m1/s1. The summed E-state index contributed by atoms with van der Waals surface area (Å²) < 4.78 is 20.6. The number of carbonyl (C=O) groups is 2. The van der Waals surface area contributed by atoms with Gasteiger partial charge >= 0.3 is 6.03 Å². The molecule has 172 valence electrons. The van der Waals surface area contributed by atoms with Crippen molar-refractivity contribution in [2.24, 2.45) is 5.92 Å². The highest BCUT2D eigenvalue weighted by atomic mass is 79.9. The summed E-state index contributed by atoms with van der Waals surface area (Å²) >= 11 is 3.33. The van der Waals surface area contributed by atoms with Gasteiger partial charge < -0.3 is 25.0 Å². The van der Waals surface area contributed by atoms with E-state index in [2.05, 4.69) is 26.2 Å². The first-order chi connectivity index (χ1) is 15.2. The molecule has 10 heteroatoms. The number of hydrogen-bond donors (Lipinski definition) is 2. The summed E-state index contributed by atoms with van der Waals surface area (Å²) in [5.74, 6) is -0.838. The number of amides is 3. The molecule has 2 N–H and O–H groups in total. The van der Waals surface area contributed by atoms with E-state index in [1.165, 1.54) is 23.2 Å². The Morgan fingerprint density at radius 3 is 2.88 bits per heavy atom. The van der Waals surface area contributed by atoms with Gasteiger partial charge in [-0.15, -0.1) is 0 Å². The fourth-order valence-electron chi connectivity index (χ4n) is 3.42. The fourth-order valence-corrected chi connectivity index (χ4v) is 3.75. The Morgan fingerprint density at radius 2 is 2.19 bits per heavy atom. The molecule has 3 amide bonds. The number of ether oxygens (including phenoxy) is 1. The van der Waals surface area contributed by atoms with Gasteiger partial charge in [-0.2, -0.15) is 0 Å². The van der Waals surface area contributed by atoms with Crippen LogP contribution in [0.4, 0.5) is 14.9 Å². The molecule has 1 aromatic heterocycles. The minimum atomic E-state index is -0.527. The van der Waals surface area contributed by atoms with Crippen LogP contribution in [0.3, 0.4) is 0 Å². The molecule has 0 fully saturated rings. The van der Waals surface area contributed by atoms with Gasteiger partial charge in [-0.1, -0.05) is 19.1 Å². The van der Waals surface area contributed by atoms with Gasteiger partial charge in [0.25, 0.3) is 5.91 Å². The number of likely N-dealkylation sites (N-methyl/N-ethyl adjacent to an activating group) is 1. The molecule has 0 radical (unpaired) electrons. The third-order valence-electron chi connectivity index (χ3n) is 5.40. The number of rotatable bonds is 5. The molecule has 1 aromatic carbocycles. The fraction of sp³-hybridized carbons (Fsp3) is 0.409. The van der Waals surface area contributed by atoms with Crippen LogP contribution in [0.15, 0.2) is 41.0 Å². The topological polar surface area (TPSA) is 95.0 Å². The van der Waals surface area contributed by atoms with E-state index in [0.29, 0.717) is 11.0 Å². The third-order valence-corrected chi connectivity index (χ3v) is 5.84. The van der Waals surface area contributed by atoms with E-state index in [9.17, 15) is 19.1 Å². The molecule has 3 atom stereocenters. The van der Waals surface area contributed by atoms with Crippen molar-refractivity contribution in [1.82, 2.24) is 14.8 Å². The molecule has 32 heavy (non-hydrogen) atoms. The van der Waals surface area contributed by atoms with Crippen LogP contribution in [-0.2, 0) is 0 Å². The Morgan fingerprint density at radius 1 is 1.47 bits per heavy atom. The smallest absolute Gasteiger partial charge is 0.321 e. The lowest BCUT2D eigenvalue weighted by Gasteiger charge is -2.37. The summed E-state index contributed by atoms with van der Waals surface area (Å²) in [6, 6.07) is 6.66. The zero-order valence-corrected chi connectivity index (χ0v) is 19.7. The first-order valence-corrected chi connectivity index (χ1v) is 11.0. The predicted octanol–water partition coefficient (Wildman–Crippen LogP) is 3.37. The lowest BCUT2D eigenvalue weighted by Crippen LogP contribution is -2.50. The van der Waals surface area contributed by atoms with Gasteiger partial charge in [-0.3, -0.25) is 4.79 Å². The molecule has 0 aliphatic carbocycles. The van der Waals surface area contributed by atoms with Gasteiger partial charge in [0.05, 0.1) is 24.9 Å². The first kappa shape index (κ1) is 23.9. The quantitative estimate of drug-likeness (QED) is 0.645. The number of carbonyl (C=O) groups excluding carboxylic acids is 2. The summed E-state index contributed by atoms with van der Waals surface area (Å²) in [6.45, 7) is 3.97. The number of para-hydroxylation sites is 1. The van der Waals surface area contributed by atoms with E-state index in [0.717, 1.165) is 0 Å². The maximum Gasteiger partial charge on any atom is 0.321 e. The number of nitrogens with one attached hydrogen (secondary N) is 1. The minimum absolute atomic E-state index is 0.0846. The zero-order valence-electron chi connectivity index (χ0n) is 18.1. The summed E-state index contributed by atoms with van der Waals surface area (Å²) in [4.78, 5) is 33.0. The number of urea groups is 1. The highest BCUT2D eigenvalue weighted by molar-refractivity contribution is 9.10. The maximum absolute atomic E-state index is 13.9. The number of aromatic nitrogens is 1. The molecular weight excluding hydrogens is 483 g/mol. The van der Waals surface area contributed by atoms with Crippen molar-refractivity contribution >= 4 is 33.6 Å². The zero-order chi connectivity index (χ0) is 23.4. The van der Waals surface area contributed by atoms with Crippen molar-refractivity contribution in [2.45, 2.75) is 26.0 Å². The summed E-state index contributed by atoms with van der Waals surface area (Å²) in [5, 5.41) is 12.2. The SMILES string of the molecule is C[C@@H]1CN([C@H](C)CO)C(=O)c2cc(Br)cnc2O[C@H]1CN(C)C(=O)Nc1ccccc1F. The molecule has 0 saturated carbocycles. The lowest BCUT2D eigenvalue weighted by atomic mass is 10.0. The molecule has 0 saturated heterocycles. The number of aliphatic hydroxyl groups excluding tert-OH is 1. The third kappa shape index (κ3) is 5.36. The minimum Gasteiger partial charge on any atom is -0.472 e. The molecule has 2 aromatic rings. The van der Waals surface area contributed by atoms with Crippen LogP contribution in [0.5, 0.6) is 5.88 Å². The average molecular weight is 509 g/mol. The normalized spacial score (nSPS) is 19.3. The Bertz CT molecular complexity index is 992. The van der Waals surface area contributed by atoms with Crippen molar-refractivity contribution in [3.8, 4) is 5.88 Å². The van der Waals surface area contributed by atoms with Crippen LogP contribution in [0.2, 0.25) is 0 Å². The molecule has 0 bridgehead atoms. The van der Waals surface area contributed by atoms with Crippen LogP contribution < -0.4 is 10.1 Å². The van der Waals surface area contributed by atoms with Crippen LogP contribution in [0, 0.1) is 11.7 Å². The van der Waals surface area contributed by atoms with Crippen molar-refractivity contribution in [2.75, 3.05) is 32.1 Å². The van der Waals surface area contributed by atoms with E-state index < -0.39 is 24.0 Å². The number of nitrogens with zero attached hydrogens (tertiary/aromatic N) is 3. The average Bonchev–Trinajstić information content (AvgIpc) is 2.77. The molecule has 0 unspecified atom stereocenters. The van der Waals surface area contributed by atoms with E-state index >= 15 is 0 Å². The molecule has 1 aliphatic rings. The highest BCUT2D eigenvalue weighted by Crippen LogP contribution is 2.28. The monoisotopic (exact) mass is 508 g/mol. The second-order valence-electron chi connectivity index (χ2n) is 7.92. The summed E-state index contributed by atoms with van der Waals surface area (Å²) in [6.07, 6.45) is 1.03. The number of benzene rings is 1. The lowest BCUT2D eigenvalue weighted by molar-refractivity contribution is 0.0356. The van der Waals surface area contributed by atoms with Crippen LogP contribution in [0.25, 0.3) is 0 Å². The Kier molecular flexibility index (Phi) is 7.68. The molecule has 1 aliphatic heterocycles. The second kappa shape index (κ2) is 10.3. The largest absolute Gasteiger partial charge is 0.472 e. The second-order valence-corrected chi connectivity index (χ2v) is 8.84. The maximum atomic E-state index is 13.9. The molecular formula is C22H26BrFN4O4. The number of halogens is 2. The van der Waals surface area contributed by atoms with E-state index in [1.54, 1.807) is 37.1 Å². The molecule has 3 rings (SSSR count). The summed E-state index contributed by atoms with van der Waals surface area (Å²) in [7, 11) is 1.58. The number of anilines is 1. The number of hydrogen-bond acceptors (Lipinski definition) is 5. The molecule has 2 heterocycles. The van der Waals surface area contributed by atoms with Gasteiger partial charge in [0.2, 0.25) is 5.88 Å². The van der Waals surface area contributed by atoms with Gasteiger partial charge in [0.1, 0.15) is 17.5 Å². The van der Waals surface area contributed by atoms with Crippen molar-refractivity contribution < 1.29 is 23.8 Å². The van der Waals surface area contributed by atoms with Gasteiger partial charge in [0, 0.05) is 30.2 Å². The highest BCUT2D eigenvalue weighted by Gasteiger charge is 2.34. The van der Waals surface area contributed by atoms with Crippen LogP contribution in [-0.4, -0.2) is 70.7 Å². The van der Waals surface area contributed by atoms with Gasteiger partial charge in [-0.25, -0.2) is 14.2 Å². The van der Waals surface area contributed by atoms with Gasteiger partial charge in [0.15, 0.2) is 0 Å². The molecule has 8 nitrogen and oxygen atoms in total.